The molecule has 0 spiro atoms. The van der Waals surface area contributed by atoms with E-state index in [1.54, 1.807) is 0 Å². The molecule has 0 nitrogen and oxygen atoms in total. The first-order chi connectivity index (χ1) is 4.77. The number of hydrogen-bond acceptors (Lipinski definition) is 2. The molecule has 0 aromatic rings. The van der Waals surface area contributed by atoms with Crippen molar-refractivity contribution in [1.82, 2.24) is 0 Å². The Morgan fingerprint density at radius 1 is 1.00 bits per heavy atom. The molecule has 0 heterocycles. The van der Waals surface area contributed by atoms with Crippen molar-refractivity contribution in [2.24, 2.45) is 11.8 Å². The molecule has 2 heteroatoms. The molecule has 2 fully saturated rings. The van der Waals surface area contributed by atoms with Crippen molar-refractivity contribution in [2.75, 3.05) is 0 Å². The van der Waals surface area contributed by atoms with E-state index >= 15 is 0 Å². The Labute approximate surface area is 73.6 Å². The zero-order valence-corrected chi connectivity index (χ0v) is 7.82. The van der Waals surface area contributed by atoms with Gasteiger partial charge in [-0.05, 0) is 37.5 Å². The van der Waals surface area contributed by atoms with Crippen LogP contribution < -0.4 is 0 Å². The van der Waals surface area contributed by atoms with Crippen LogP contribution in [0, 0.1) is 11.8 Å². The van der Waals surface area contributed by atoms with Crippen LogP contribution in [-0.4, -0.2) is 10.5 Å². The standard InChI is InChI=1S/C8H14S2/c9-6-3-5-1-2-8(10)7(5)4-6/h5-10H,1-4H2. The first kappa shape index (κ1) is 7.35. The second-order valence-corrected chi connectivity index (χ2v) is 5.09. The highest BCUT2D eigenvalue weighted by Gasteiger charge is 2.40. The van der Waals surface area contributed by atoms with Gasteiger partial charge in [0.15, 0.2) is 0 Å². The van der Waals surface area contributed by atoms with E-state index in [1.807, 2.05) is 0 Å². The third-order valence-corrected chi connectivity index (χ3v) is 4.11. The molecule has 2 rings (SSSR count). The zero-order valence-electron chi connectivity index (χ0n) is 6.03. The lowest BCUT2D eigenvalue weighted by Crippen LogP contribution is -2.08. The molecule has 0 saturated heterocycles. The largest absolute Gasteiger partial charge is 0.176 e. The van der Waals surface area contributed by atoms with Crippen molar-refractivity contribution in [1.29, 1.82) is 0 Å². The average Bonchev–Trinajstić information content (AvgIpc) is 2.35. The van der Waals surface area contributed by atoms with E-state index in [-0.39, 0.29) is 0 Å². The highest BCUT2D eigenvalue weighted by Crippen LogP contribution is 2.47. The number of rotatable bonds is 0. The minimum atomic E-state index is 0.685. The molecule has 0 bridgehead atoms. The van der Waals surface area contributed by atoms with E-state index in [9.17, 15) is 0 Å². The lowest BCUT2D eigenvalue weighted by molar-refractivity contribution is 0.463. The lowest BCUT2D eigenvalue weighted by Gasteiger charge is -2.11. The van der Waals surface area contributed by atoms with Crippen molar-refractivity contribution in [3.05, 3.63) is 0 Å². The second-order valence-electron chi connectivity index (χ2n) is 3.69. The van der Waals surface area contributed by atoms with E-state index in [0.717, 1.165) is 11.8 Å². The van der Waals surface area contributed by atoms with Crippen LogP contribution >= 0.6 is 25.3 Å². The van der Waals surface area contributed by atoms with Gasteiger partial charge < -0.3 is 0 Å². The van der Waals surface area contributed by atoms with E-state index < -0.39 is 0 Å². The van der Waals surface area contributed by atoms with Crippen LogP contribution in [0.2, 0.25) is 0 Å². The predicted octanol–water partition coefficient (Wildman–Crippen LogP) is 2.40. The summed E-state index contributed by atoms with van der Waals surface area (Å²) < 4.78 is 0. The van der Waals surface area contributed by atoms with Gasteiger partial charge in [0, 0.05) is 10.5 Å². The molecule has 4 unspecified atom stereocenters. The van der Waals surface area contributed by atoms with E-state index in [1.165, 1.54) is 25.7 Å². The topological polar surface area (TPSA) is 0 Å². The summed E-state index contributed by atoms with van der Waals surface area (Å²) in [5.41, 5.74) is 0. The van der Waals surface area contributed by atoms with Crippen LogP contribution in [0.25, 0.3) is 0 Å². The Bertz CT molecular complexity index is 135. The Balaban J connectivity index is 2.05. The van der Waals surface area contributed by atoms with Gasteiger partial charge in [0.25, 0.3) is 0 Å². The quantitative estimate of drug-likeness (QED) is 0.518. The van der Waals surface area contributed by atoms with Crippen LogP contribution in [-0.2, 0) is 0 Å². The third kappa shape index (κ3) is 1.10. The maximum atomic E-state index is 4.57. The summed E-state index contributed by atoms with van der Waals surface area (Å²) in [5, 5.41) is 1.38. The Kier molecular flexibility index (Phi) is 1.94. The number of thiol groups is 2. The second kappa shape index (κ2) is 2.63. The van der Waals surface area contributed by atoms with Gasteiger partial charge in [0.2, 0.25) is 0 Å². The molecule has 2 aliphatic carbocycles. The smallest absolute Gasteiger partial charge is 0.00482 e. The highest BCUT2D eigenvalue weighted by atomic mass is 32.1. The van der Waals surface area contributed by atoms with E-state index in [0.29, 0.717) is 10.5 Å². The van der Waals surface area contributed by atoms with E-state index in [2.05, 4.69) is 25.3 Å². The summed E-state index contributed by atoms with van der Waals surface area (Å²) >= 11 is 9.08. The van der Waals surface area contributed by atoms with Crippen LogP contribution in [0.5, 0.6) is 0 Å². The Morgan fingerprint density at radius 2 is 1.80 bits per heavy atom. The highest BCUT2D eigenvalue weighted by molar-refractivity contribution is 7.81. The van der Waals surface area contributed by atoms with Crippen molar-refractivity contribution in [3.63, 3.8) is 0 Å². The SMILES string of the molecule is SC1CC2CCC(S)C2C1. The lowest BCUT2D eigenvalue weighted by atomic mass is 10.0. The maximum Gasteiger partial charge on any atom is 0.00482 e. The fraction of sp³-hybridized carbons (Fsp3) is 1.00. The van der Waals surface area contributed by atoms with E-state index in [4.69, 9.17) is 0 Å². The maximum absolute atomic E-state index is 4.57. The van der Waals surface area contributed by atoms with Crippen LogP contribution in [0.1, 0.15) is 25.7 Å². The van der Waals surface area contributed by atoms with Crippen molar-refractivity contribution >= 4 is 25.3 Å². The van der Waals surface area contributed by atoms with Crippen LogP contribution in [0.4, 0.5) is 0 Å². The molecule has 58 valence electrons. The van der Waals surface area contributed by atoms with Crippen LogP contribution in [0.15, 0.2) is 0 Å². The molecule has 0 aromatic carbocycles. The van der Waals surface area contributed by atoms with Crippen molar-refractivity contribution in [3.8, 4) is 0 Å². The number of hydrogen-bond donors (Lipinski definition) is 2. The molecule has 2 aliphatic rings. The molecule has 0 aromatic heterocycles. The molecular weight excluding hydrogens is 160 g/mol. The fourth-order valence-corrected chi connectivity index (χ4v) is 3.56. The summed E-state index contributed by atoms with van der Waals surface area (Å²) in [7, 11) is 0. The molecular formula is C8H14S2. The summed E-state index contributed by atoms with van der Waals surface area (Å²) in [4.78, 5) is 0. The van der Waals surface area contributed by atoms with Crippen molar-refractivity contribution < 1.29 is 0 Å². The fourth-order valence-electron chi connectivity index (χ4n) is 2.53. The molecule has 10 heavy (non-hydrogen) atoms. The first-order valence-corrected chi connectivity index (χ1v) is 5.17. The molecule has 0 radical (unpaired) electrons. The third-order valence-electron chi connectivity index (χ3n) is 3.05. The Hall–Kier alpha value is 0.700. The van der Waals surface area contributed by atoms with Gasteiger partial charge in [0.05, 0.1) is 0 Å². The molecule has 0 N–H and O–H groups in total. The van der Waals surface area contributed by atoms with Gasteiger partial charge in [-0.15, -0.1) is 0 Å². The summed E-state index contributed by atoms with van der Waals surface area (Å²) in [6.45, 7) is 0. The van der Waals surface area contributed by atoms with Gasteiger partial charge >= 0.3 is 0 Å². The summed E-state index contributed by atoms with van der Waals surface area (Å²) in [6.07, 6.45) is 5.43. The minimum Gasteiger partial charge on any atom is -0.176 e. The average molecular weight is 174 g/mol. The molecule has 4 atom stereocenters. The van der Waals surface area contributed by atoms with Gasteiger partial charge in [-0.1, -0.05) is 0 Å². The summed E-state index contributed by atoms with van der Waals surface area (Å²) in [6, 6.07) is 0. The van der Waals surface area contributed by atoms with Gasteiger partial charge in [-0.25, -0.2) is 0 Å². The van der Waals surface area contributed by atoms with Gasteiger partial charge in [-0.3, -0.25) is 0 Å². The predicted molar refractivity (Wildman–Crippen MR) is 51.0 cm³/mol. The summed E-state index contributed by atoms with van der Waals surface area (Å²) in [5.74, 6) is 1.89. The van der Waals surface area contributed by atoms with Gasteiger partial charge in [0.1, 0.15) is 0 Å². The minimum absolute atomic E-state index is 0.685. The zero-order chi connectivity index (χ0) is 7.14. The molecule has 0 amide bonds. The van der Waals surface area contributed by atoms with Gasteiger partial charge in [-0.2, -0.15) is 25.3 Å². The molecule has 0 aliphatic heterocycles. The van der Waals surface area contributed by atoms with Crippen LogP contribution in [0.3, 0.4) is 0 Å². The van der Waals surface area contributed by atoms with Crippen molar-refractivity contribution in [2.45, 2.75) is 36.2 Å². The molecule has 2 saturated carbocycles. The normalized spacial score (nSPS) is 53.4. The number of fused-ring (bicyclic) bond motifs is 1. The Morgan fingerprint density at radius 3 is 2.50 bits per heavy atom. The monoisotopic (exact) mass is 174 g/mol. The first-order valence-electron chi connectivity index (χ1n) is 4.13.